The molecule has 186 valence electrons. The maximum Gasteiger partial charge on any atom is 0.320 e. The molecule has 2 aromatic heterocycles. The number of hydrogen-bond donors (Lipinski definition) is 0. The lowest BCUT2D eigenvalue weighted by molar-refractivity contribution is -0.155. The highest BCUT2D eigenvalue weighted by Gasteiger charge is 2.27. The highest BCUT2D eigenvalue weighted by molar-refractivity contribution is 5.72. The number of piperidine rings is 1. The summed E-state index contributed by atoms with van der Waals surface area (Å²) in [6.45, 7) is 8.95. The first kappa shape index (κ1) is 24.9. The Balaban J connectivity index is 1.49. The minimum Gasteiger partial charge on any atom is -0.459 e. The van der Waals surface area contributed by atoms with Crippen LogP contribution in [0.2, 0.25) is 0 Å². The molecule has 4 rings (SSSR count). The van der Waals surface area contributed by atoms with Gasteiger partial charge in [-0.2, -0.15) is 0 Å². The number of likely N-dealkylation sites (N-methyl/N-ethyl adjacent to an activating group) is 1. The molecule has 0 aliphatic carbocycles. The third-order valence-corrected chi connectivity index (χ3v) is 6.10. The van der Waals surface area contributed by atoms with Gasteiger partial charge in [0.2, 0.25) is 0 Å². The summed E-state index contributed by atoms with van der Waals surface area (Å²) in [5.41, 5.74) is 0.707. The summed E-state index contributed by atoms with van der Waals surface area (Å²) in [6, 6.07) is 16.4. The molecule has 0 saturated carbocycles. The molecule has 8 heteroatoms. The topological polar surface area (TPSA) is 76.4 Å². The van der Waals surface area contributed by atoms with Crippen LogP contribution < -0.4 is 4.90 Å². The first-order valence-electron chi connectivity index (χ1n) is 12.3. The Morgan fingerprint density at radius 1 is 1.06 bits per heavy atom. The lowest BCUT2D eigenvalue weighted by Gasteiger charge is -2.32. The van der Waals surface area contributed by atoms with Gasteiger partial charge in [0.1, 0.15) is 23.1 Å². The molecule has 3 aromatic rings. The van der Waals surface area contributed by atoms with Crippen molar-refractivity contribution in [3.05, 3.63) is 71.9 Å². The molecule has 0 spiro atoms. The van der Waals surface area contributed by atoms with Crippen LogP contribution in [0.4, 0.5) is 5.82 Å². The fourth-order valence-corrected chi connectivity index (χ4v) is 4.51. The molecule has 1 aromatic carbocycles. The lowest BCUT2D eigenvalue weighted by Crippen LogP contribution is -2.34. The number of hydrogen-bond acceptors (Lipinski definition) is 7. The minimum atomic E-state index is -0.497. The van der Waals surface area contributed by atoms with E-state index in [-0.39, 0.29) is 12.5 Å². The van der Waals surface area contributed by atoms with Crippen LogP contribution in [-0.2, 0) is 22.6 Å². The standard InChI is InChI=1S/C27H36N6O2/c1-27(2,3)35-25(34)20-31(4)19-24-29-30-26(33(24)18-21-10-6-5-7-11-21)22-13-16-32(17-14-22)23-12-8-9-15-28-23/h5-12,15,22H,13-14,16-20H2,1-4H3. The number of aromatic nitrogens is 4. The average Bonchev–Trinajstić information content (AvgIpc) is 3.20. The predicted molar refractivity (Wildman–Crippen MR) is 136 cm³/mol. The maximum absolute atomic E-state index is 12.3. The van der Waals surface area contributed by atoms with Crippen molar-refractivity contribution in [2.24, 2.45) is 0 Å². The van der Waals surface area contributed by atoms with Crippen molar-refractivity contribution < 1.29 is 9.53 Å². The highest BCUT2D eigenvalue weighted by Crippen LogP contribution is 2.30. The number of rotatable bonds is 8. The summed E-state index contributed by atoms with van der Waals surface area (Å²) in [5, 5.41) is 9.24. The second-order valence-electron chi connectivity index (χ2n) is 10.3. The molecule has 8 nitrogen and oxygen atoms in total. The summed E-state index contributed by atoms with van der Waals surface area (Å²) in [6.07, 6.45) is 3.84. The average molecular weight is 477 g/mol. The fraction of sp³-hybridized carbons (Fsp3) is 0.481. The van der Waals surface area contributed by atoms with Gasteiger partial charge >= 0.3 is 5.97 Å². The minimum absolute atomic E-state index is 0.202. The van der Waals surface area contributed by atoms with Crippen LogP contribution in [-0.4, -0.2) is 62.9 Å². The highest BCUT2D eigenvalue weighted by atomic mass is 16.6. The zero-order valence-corrected chi connectivity index (χ0v) is 21.2. The van der Waals surface area contributed by atoms with E-state index < -0.39 is 5.60 Å². The second-order valence-corrected chi connectivity index (χ2v) is 10.3. The van der Waals surface area contributed by atoms with E-state index in [1.165, 1.54) is 5.56 Å². The molecule has 1 aliphatic rings. The Labute approximate surface area is 207 Å². The first-order chi connectivity index (χ1) is 16.8. The molecule has 0 bridgehead atoms. The molecular formula is C27H36N6O2. The largest absolute Gasteiger partial charge is 0.459 e. The van der Waals surface area contributed by atoms with Crippen molar-refractivity contribution in [1.82, 2.24) is 24.6 Å². The smallest absolute Gasteiger partial charge is 0.320 e. The van der Waals surface area contributed by atoms with Crippen molar-refractivity contribution in [3.8, 4) is 0 Å². The van der Waals surface area contributed by atoms with Gasteiger partial charge < -0.3 is 14.2 Å². The number of nitrogens with zero attached hydrogens (tertiary/aromatic N) is 6. The monoisotopic (exact) mass is 476 g/mol. The lowest BCUT2D eigenvalue weighted by atomic mass is 9.95. The van der Waals surface area contributed by atoms with Crippen molar-refractivity contribution in [2.75, 3.05) is 31.6 Å². The molecule has 0 atom stereocenters. The molecule has 35 heavy (non-hydrogen) atoms. The number of anilines is 1. The Morgan fingerprint density at radius 3 is 2.43 bits per heavy atom. The first-order valence-corrected chi connectivity index (χ1v) is 12.3. The molecule has 0 radical (unpaired) electrons. The van der Waals surface area contributed by atoms with Gasteiger partial charge in [-0.05, 0) is 58.4 Å². The van der Waals surface area contributed by atoms with Crippen molar-refractivity contribution in [3.63, 3.8) is 0 Å². The van der Waals surface area contributed by atoms with E-state index in [1.807, 2.05) is 57.1 Å². The Kier molecular flexibility index (Phi) is 7.80. The summed E-state index contributed by atoms with van der Waals surface area (Å²) in [7, 11) is 1.91. The maximum atomic E-state index is 12.3. The predicted octanol–water partition coefficient (Wildman–Crippen LogP) is 3.88. The molecule has 1 fully saturated rings. The van der Waals surface area contributed by atoms with Gasteiger partial charge in [-0.25, -0.2) is 4.98 Å². The van der Waals surface area contributed by atoms with Crippen LogP contribution in [0.5, 0.6) is 0 Å². The molecule has 0 amide bonds. The van der Waals surface area contributed by atoms with Crippen LogP contribution in [0.1, 0.15) is 56.7 Å². The second kappa shape index (κ2) is 11.0. The van der Waals surface area contributed by atoms with Crippen LogP contribution in [0.25, 0.3) is 0 Å². The number of pyridine rings is 1. The van der Waals surface area contributed by atoms with Gasteiger partial charge in [-0.15, -0.1) is 10.2 Å². The Bertz CT molecular complexity index is 1090. The van der Waals surface area contributed by atoms with Gasteiger partial charge in [0.25, 0.3) is 0 Å². The van der Waals surface area contributed by atoms with E-state index >= 15 is 0 Å². The molecule has 0 unspecified atom stereocenters. The summed E-state index contributed by atoms with van der Waals surface area (Å²) >= 11 is 0. The van der Waals surface area contributed by atoms with Crippen LogP contribution in [0.15, 0.2) is 54.7 Å². The van der Waals surface area contributed by atoms with Gasteiger partial charge in [-0.1, -0.05) is 36.4 Å². The summed E-state index contributed by atoms with van der Waals surface area (Å²) in [4.78, 5) is 21.1. The zero-order valence-electron chi connectivity index (χ0n) is 21.2. The number of carbonyl (C=O) groups excluding carboxylic acids is 1. The van der Waals surface area contributed by atoms with Gasteiger partial charge in [0.15, 0.2) is 0 Å². The van der Waals surface area contributed by atoms with Crippen LogP contribution in [0.3, 0.4) is 0 Å². The van der Waals surface area contributed by atoms with Crippen molar-refractivity contribution in [1.29, 1.82) is 0 Å². The van der Waals surface area contributed by atoms with E-state index in [4.69, 9.17) is 4.74 Å². The van der Waals surface area contributed by atoms with Gasteiger partial charge in [0.05, 0.1) is 19.6 Å². The number of ether oxygens (including phenoxy) is 1. The van der Waals surface area contributed by atoms with E-state index in [2.05, 4.69) is 55.0 Å². The van der Waals surface area contributed by atoms with E-state index in [0.29, 0.717) is 19.0 Å². The fourth-order valence-electron chi connectivity index (χ4n) is 4.51. The molecular weight excluding hydrogens is 440 g/mol. The third-order valence-electron chi connectivity index (χ3n) is 6.10. The van der Waals surface area contributed by atoms with Crippen LogP contribution >= 0.6 is 0 Å². The Hall–Kier alpha value is -3.26. The summed E-state index contributed by atoms with van der Waals surface area (Å²) < 4.78 is 7.72. The van der Waals surface area contributed by atoms with Crippen LogP contribution in [0, 0.1) is 0 Å². The molecule has 0 N–H and O–H groups in total. The number of benzene rings is 1. The van der Waals surface area contributed by atoms with Gasteiger partial charge in [-0.3, -0.25) is 9.69 Å². The molecule has 1 aliphatic heterocycles. The molecule has 1 saturated heterocycles. The van der Waals surface area contributed by atoms with E-state index in [1.54, 1.807) is 0 Å². The summed E-state index contributed by atoms with van der Waals surface area (Å²) in [5.74, 6) is 3.01. The molecule has 3 heterocycles. The normalized spacial score (nSPS) is 14.9. The van der Waals surface area contributed by atoms with Crippen molar-refractivity contribution >= 4 is 11.8 Å². The van der Waals surface area contributed by atoms with Gasteiger partial charge in [0, 0.05) is 25.2 Å². The Morgan fingerprint density at radius 2 is 1.77 bits per heavy atom. The van der Waals surface area contributed by atoms with Crippen molar-refractivity contribution in [2.45, 2.75) is 58.2 Å². The third kappa shape index (κ3) is 6.88. The number of carbonyl (C=O) groups is 1. The van der Waals surface area contributed by atoms with E-state index in [0.717, 1.165) is 43.4 Å². The quantitative estimate of drug-likeness (QED) is 0.457. The van der Waals surface area contributed by atoms with E-state index in [9.17, 15) is 4.79 Å². The SMILES string of the molecule is CN(CC(=O)OC(C)(C)C)Cc1nnc(C2CCN(c3ccccn3)CC2)n1Cc1ccccc1. The zero-order chi connectivity index (χ0) is 24.8. The number of esters is 1.